The second kappa shape index (κ2) is 10.2. The standard InChI is InChI=1S/C23H29N3O5/c1-6-30-18-9-8-15(10-21(18)31-7-2)14(3)24-13-22-25-17-12-20(29-5)19(28-4)11-16(17)23(27)26-22/h8-12,14,24H,6-7,13H2,1-5H3,(H,25,26,27)/t14-/m1/s1. The highest BCUT2D eigenvalue weighted by atomic mass is 16.5. The average Bonchev–Trinajstić information content (AvgIpc) is 2.78. The summed E-state index contributed by atoms with van der Waals surface area (Å²) in [4.78, 5) is 20.0. The van der Waals surface area contributed by atoms with Gasteiger partial charge in [-0.1, -0.05) is 6.07 Å². The van der Waals surface area contributed by atoms with Gasteiger partial charge in [-0.3, -0.25) is 4.79 Å². The highest BCUT2D eigenvalue weighted by molar-refractivity contribution is 5.81. The quantitative estimate of drug-likeness (QED) is 0.511. The van der Waals surface area contributed by atoms with Gasteiger partial charge in [0, 0.05) is 12.1 Å². The Balaban J connectivity index is 1.80. The van der Waals surface area contributed by atoms with Crippen LogP contribution in [0.15, 0.2) is 35.1 Å². The Morgan fingerprint density at radius 2 is 1.65 bits per heavy atom. The summed E-state index contributed by atoms with van der Waals surface area (Å²) in [5.41, 5.74) is 1.36. The van der Waals surface area contributed by atoms with Crippen molar-refractivity contribution in [3.63, 3.8) is 0 Å². The molecule has 1 heterocycles. The van der Waals surface area contributed by atoms with Gasteiger partial charge >= 0.3 is 0 Å². The molecule has 0 bridgehead atoms. The molecular formula is C23H29N3O5. The van der Waals surface area contributed by atoms with Gasteiger partial charge in [0.1, 0.15) is 5.82 Å². The fourth-order valence-electron chi connectivity index (χ4n) is 3.30. The van der Waals surface area contributed by atoms with Crippen LogP contribution in [0.5, 0.6) is 23.0 Å². The summed E-state index contributed by atoms with van der Waals surface area (Å²) in [7, 11) is 3.08. The lowest BCUT2D eigenvalue weighted by atomic mass is 10.1. The fraction of sp³-hybridized carbons (Fsp3) is 0.391. The van der Waals surface area contributed by atoms with Crippen molar-refractivity contribution in [1.29, 1.82) is 0 Å². The first kappa shape index (κ1) is 22.4. The third-order valence-electron chi connectivity index (χ3n) is 4.90. The van der Waals surface area contributed by atoms with Crippen LogP contribution in [0.2, 0.25) is 0 Å². The molecular weight excluding hydrogens is 398 g/mol. The lowest BCUT2D eigenvalue weighted by molar-refractivity contribution is 0.287. The van der Waals surface area contributed by atoms with Gasteiger partial charge in [-0.25, -0.2) is 4.98 Å². The minimum atomic E-state index is -0.227. The lowest BCUT2D eigenvalue weighted by Gasteiger charge is -2.17. The number of fused-ring (bicyclic) bond motifs is 1. The average molecular weight is 428 g/mol. The van der Waals surface area contributed by atoms with E-state index in [0.717, 1.165) is 11.3 Å². The summed E-state index contributed by atoms with van der Waals surface area (Å²) in [6, 6.07) is 9.23. The van der Waals surface area contributed by atoms with Crippen molar-refractivity contribution in [2.75, 3.05) is 27.4 Å². The number of hydrogen-bond donors (Lipinski definition) is 2. The van der Waals surface area contributed by atoms with Crippen molar-refractivity contribution >= 4 is 10.9 Å². The largest absolute Gasteiger partial charge is 0.493 e. The van der Waals surface area contributed by atoms with Crippen LogP contribution in [-0.4, -0.2) is 37.4 Å². The normalized spacial score (nSPS) is 11.9. The van der Waals surface area contributed by atoms with Crippen LogP contribution in [0.3, 0.4) is 0 Å². The molecule has 0 aliphatic heterocycles. The molecule has 0 aliphatic carbocycles. The number of nitrogens with zero attached hydrogens (tertiary/aromatic N) is 1. The van der Waals surface area contributed by atoms with Crippen LogP contribution < -0.4 is 29.8 Å². The maximum atomic E-state index is 12.5. The molecule has 2 N–H and O–H groups in total. The Labute approximate surface area is 181 Å². The third-order valence-corrected chi connectivity index (χ3v) is 4.90. The first-order valence-corrected chi connectivity index (χ1v) is 10.3. The van der Waals surface area contributed by atoms with Crippen molar-refractivity contribution < 1.29 is 18.9 Å². The summed E-state index contributed by atoms with van der Waals surface area (Å²) in [5.74, 6) is 2.99. The Morgan fingerprint density at radius 1 is 0.968 bits per heavy atom. The first-order valence-electron chi connectivity index (χ1n) is 10.3. The number of rotatable bonds is 10. The summed E-state index contributed by atoms with van der Waals surface area (Å²) >= 11 is 0. The molecule has 8 heteroatoms. The number of hydrogen-bond acceptors (Lipinski definition) is 7. The molecule has 0 unspecified atom stereocenters. The molecule has 31 heavy (non-hydrogen) atoms. The number of nitrogens with one attached hydrogen (secondary N) is 2. The molecule has 0 spiro atoms. The van der Waals surface area contributed by atoms with E-state index in [-0.39, 0.29) is 11.6 Å². The van der Waals surface area contributed by atoms with Gasteiger partial charge in [0.05, 0.1) is 44.9 Å². The van der Waals surface area contributed by atoms with E-state index in [0.29, 0.717) is 53.7 Å². The Morgan fingerprint density at radius 3 is 2.32 bits per heavy atom. The molecule has 166 valence electrons. The first-order chi connectivity index (χ1) is 15.0. The van der Waals surface area contributed by atoms with E-state index in [1.165, 1.54) is 7.11 Å². The molecule has 0 aliphatic rings. The smallest absolute Gasteiger partial charge is 0.258 e. The third kappa shape index (κ3) is 5.08. The van der Waals surface area contributed by atoms with E-state index in [1.807, 2.05) is 39.0 Å². The van der Waals surface area contributed by atoms with E-state index in [4.69, 9.17) is 18.9 Å². The molecule has 0 saturated carbocycles. The van der Waals surface area contributed by atoms with Gasteiger partial charge in [-0.2, -0.15) is 0 Å². The highest BCUT2D eigenvalue weighted by Crippen LogP contribution is 2.31. The highest BCUT2D eigenvalue weighted by Gasteiger charge is 2.13. The van der Waals surface area contributed by atoms with Crippen LogP contribution in [0.4, 0.5) is 0 Å². The summed E-state index contributed by atoms with van der Waals surface area (Å²) in [6.07, 6.45) is 0. The van der Waals surface area contributed by atoms with Crippen molar-refractivity contribution in [3.05, 3.63) is 52.1 Å². The Hall–Kier alpha value is -3.26. The van der Waals surface area contributed by atoms with Crippen molar-refractivity contribution in [2.45, 2.75) is 33.4 Å². The number of ether oxygens (including phenoxy) is 4. The van der Waals surface area contributed by atoms with Crippen molar-refractivity contribution in [3.8, 4) is 23.0 Å². The summed E-state index contributed by atoms with van der Waals surface area (Å²) in [5, 5.41) is 3.84. The minimum Gasteiger partial charge on any atom is -0.493 e. The van der Waals surface area contributed by atoms with Crippen LogP contribution >= 0.6 is 0 Å². The summed E-state index contributed by atoms with van der Waals surface area (Å²) in [6.45, 7) is 7.44. The monoisotopic (exact) mass is 427 g/mol. The van der Waals surface area contributed by atoms with Gasteiger partial charge in [-0.15, -0.1) is 0 Å². The fourth-order valence-corrected chi connectivity index (χ4v) is 3.30. The van der Waals surface area contributed by atoms with Crippen molar-refractivity contribution in [2.24, 2.45) is 0 Å². The zero-order chi connectivity index (χ0) is 22.4. The van der Waals surface area contributed by atoms with Gasteiger partial charge in [0.15, 0.2) is 23.0 Å². The van der Waals surface area contributed by atoms with Gasteiger partial charge in [0.2, 0.25) is 0 Å². The van der Waals surface area contributed by atoms with Crippen molar-refractivity contribution in [1.82, 2.24) is 15.3 Å². The van der Waals surface area contributed by atoms with Crippen LogP contribution in [0.25, 0.3) is 10.9 Å². The van der Waals surface area contributed by atoms with E-state index in [1.54, 1.807) is 19.2 Å². The number of H-pyrrole nitrogens is 1. The van der Waals surface area contributed by atoms with Gasteiger partial charge in [0.25, 0.3) is 5.56 Å². The molecule has 3 rings (SSSR count). The second-order valence-electron chi connectivity index (χ2n) is 6.91. The van der Waals surface area contributed by atoms with Crippen LogP contribution in [0.1, 0.15) is 38.2 Å². The number of benzene rings is 2. The summed E-state index contributed by atoms with van der Waals surface area (Å²) < 4.78 is 21.9. The van der Waals surface area contributed by atoms with Gasteiger partial charge < -0.3 is 29.2 Å². The Bertz CT molecular complexity index is 1100. The molecule has 0 saturated heterocycles. The number of aromatic nitrogens is 2. The molecule has 1 atom stereocenters. The van der Waals surface area contributed by atoms with E-state index >= 15 is 0 Å². The molecule has 0 radical (unpaired) electrons. The maximum absolute atomic E-state index is 12.5. The SMILES string of the molecule is CCOc1ccc([C@@H](C)NCc2nc3cc(OC)c(OC)cc3c(=O)[nH]2)cc1OCC. The molecule has 0 fully saturated rings. The van der Waals surface area contributed by atoms with E-state index in [9.17, 15) is 4.79 Å². The molecule has 0 amide bonds. The minimum absolute atomic E-state index is 0.00119. The number of methoxy groups -OCH3 is 2. The maximum Gasteiger partial charge on any atom is 0.258 e. The predicted octanol–water partition coefficient (Wildman–Crippen LogP) is 3.59. The van der Waals surface area contributed by atoms with E-state index in [2.05, 4.69) is 15.3 Å². The van der Waals surface area contributed by atoms with E-state index < -0.39 is 0 Å². The molecule has 8 nitrogen and oxygen atoms in total. The Kier molecular flexibility index (Phi) is 7.36. The molecule has 2 aromatic carbocycles. The van der Waals surface area contributed by atoms with Crippen LogP contribution in [-0.2, 0) is 6.54 Å². The number of aromatic amines is 1. The topological polar surface area (TPSA) is 94.7 Å². The lowest BCUT2D eigenvalue weighted by Crippen LogP contribution is -2.22. The molecule has 3 aromatic rings. The second-order valence-corrected chi connectivity index (χ2v) is 6.91. The van der Waals surface area contributed by atoms with Crippen LogP contribution in [0, 0.1) is 0 Å². The molecule has 1 aromatic heterocycles. The zero-order valence-electron chi connectivity index (χ0n) is 18.6. The van der Waals surface area contributed by atoms with Gasteiger partial charge in [-0.05, 0) is 44.5 Å². The predicted molar refractivity (Wildman–Crippen MR) is 120 cm³/mol. The zero-order valence-corrected chi connectivity index (χ0v) is 18.6.